The van der Waals surface area contributed by atoms with Gasteiger partial charge in [0.1, 0.15) is 12.4 Å². The highest BCUT2D eigenvalue weighted by Gasteiger charge is 2.30. The van der Waals surface area contributed by atoms with E-state index in [1.807, 2.05) is 6.07 Å². The van der Waals surface area contributed by atoms with Gasteiger partial charge >= 0.3 is 6.18 Å². The number of hydrogen-bond donors (Lipinski definition) is 0. The van der Waals surface area contributed by atoms with Crippen molar-refractivity contribution in [1.82, 2.24) is 20.2 Å². The molecule has 0 atom stereocenters. The Morgan fingerprint density at radius 2 is 1.92 bits per heavy atom. The van der Waals surface area contributed by atoms with Crippen LogP contribution < -0.4 is 4.74 Å². The molecule has 0 unspecified atom stereocenters. The smallest absolute Gasteiger partial charge is 0.416 e. The highest BCUT2D eigenvalue weighted by molar-refractivity contribution is 5.55. The lowest BCUT2D eigenvalue weighted by atomic mass is 10.1. The molecule has 1 heterocycles. The maximum Gasteiger partial charge on any atom is 0.416 e. The average molecular weight is 359 g/mol. The summed E-state index contributed by atoms with van der Waals surface area (Å²) in [4.78, 5) is 1.24. The van der Waals surface area contributed by atoms with E-state index in [0.29, 0.717) is 11.3 Å². The van der Waals surface area contributed by atoms with Crippen LogP contribution in [0.15, 0.2) is 48.5 Å². The molecule has 6 nitrogen and oxygen atoms in total. The van der Waals surface area contributed by atoms with Crippen LogP contribution in [-0.4, -0.2) is 26.8 Å². The van der Waals surface area contributed by atoms with Gasteiger partial charge in [0.05, 0.1) is 23.7 Å². The van der Waals surface area contributed by atoms with Crippen molar-refractivity contribution in [1.29, 1.82) is 5.26 Å². The summed E-state index contributed by atoms with van der Waals surface area (Å²) in [5.41, 5.74) is -0.0611. The van der Waals surface area contributed by atoms with Crippen molar-refractivity contribution in [3.63, 3.8) is 0 Å². The molecule has 0 aliphatic carbocycles. The molecule has 0 amide bonds. The highest BCUT2D eigenvalue weighted by atomic mass is 19.4. The van der Waals surface area contributed by atoms with Gasteiger partial charge in [-0.25, -0.2) is 0 Å². The summed E-state index contributed by atoms with van der Waals surface area (Å²) in [5.74, 6) is 0.629. The molecule has 0 aliphatic heterocycles. The Morgan fingerprint density at radius 1 is 1.12 bits per heavy atom. The average Bonchev–Trinajstić information content (AvgIpc) is 3.10. The Labute approximate surface area is 146 Å². The minimum absolute atomic E-state index is 0.0996. The van der Waals surface area contributed by atoms with E-state index < -0.39 is 11.7 Å². The third-order valence-electron chi connectivity index (χ3n) is 3.42. The number of nitriles is 1. The predicted octanol–water partition coefficient (Wildman–Crippen LogP) is 3.31. The Kier molecular flexibility index (Phi) is 4.84. The number of benzene rings is 2. The van der Waals surface area contributed by atoms with E-state index >= 15 is 0 Å². The summed E-state index contributed by atoms with van der Waals surface area (Å²) >= 11 is 0. The SMILES string of the molecule is N#Cc1cccc(OCCn2nnc(-c3cccc(C(F)(F)F)c3)n2)c1. The van der Waals surface area contributed by atoms with Crippen molar-refractivity contribution in [2.75, 3.05) is 6.61 Å². The molecule has 0 radical (unpaired) electrons. The first-order chi connectivity index (χ1) is 12.5. The van der Waals surface area contributed by atoms with E-state index in [4.69, 9.17) is 10.00 Å². The lowest BCUT2D eigenvalue weighted by molar-refractivity contribution is -0.137. The maximum atomic E-state index is 12.8. The van der Waals surface area contributed by atoms with Gasteiger partial charge in [0.15, 0.2) is 0 Å². The second kappa shape index (κ2) is 7.23. The van der Waals surface area contributed by atoms with Crippen LogP contribution in [0.3, 0.4) is 0 Å². The topological polar surface area (TPSA) is 76.6 Å². The first-order valence-corrected chi connectivity index (χ1v) is 7.54. The first kappa shape index (κ1) is 17.4. The Bertz CT molecular complexity index is 946. The van der Waals surface area contributed by atoms with E-state index in [-0.39, 0.29) is 24.5 Å². The van der Waals surface area contributed by atoms with Gasteiger partial charge in [-0.3, -0.25) is 0 Å². The number of tetrazole rings is 1. The van der Waals surface area contributed by atoms with Crippen LogP contribution in [0.4, 0.5) is 13.2 Å². The zero-order valence-electron chi connectivity index (χ0n) is 13.3. The molecule has 9 heteroatoms. The fourth-order valence-corrected chi connectivity index (χ4v) is 2.19. The molecule has 2 aromatic carbocycles. The summed E-state index contributed by atoms with van der Waals surface area (Å²) in [5, 5.41) is 20.5. The monoisotopic (exact) mass is 359 g/mol. The van der Waals surface area contributed by atoms with E-state index in [2.05, 4.69) is 15.4 Å². The van der Waals surface area contributed by atoms with Crippen LogP contribution in [0.5, 0.6) is 5.75 Å². The number of rotatable bonds is 5. The number of ether oxygens (including phenoxy) is 1. The van der Waals surface area contributed by atoms with Crippen LogP contribution in [0.2, 0.25) is 0 Å². The van der Waals surface area contributed by atoms with Gasteiger partial charge in [-0.1, -0.05) is 18.2 Å². The molecule has 3 rings (SSSR count). The van der Waals surface area contributed by atoms with Gasteiger partial charge in [-0.2, -0.15) is 23.2 Å². The zero-order valence-corrected chi connectivity index (χ0v) is 13.3. The predicted molar refractivity (Wildman–Crippen MR) is 84.9 cm³/mol. The molecule has 132 valence electrons. The minimum atomic E-state index is -4.43. The van der Waals surface area contributed by atoms with E-state index in [1.54, 1.807) is 24.3 Å². The lowest BCUT2D eigenvalue weighted by Crippen LogP contribution is -2.11. The zero-order chi connectivity index (χ0) is 18.6. The molecule has 0 bridgehead atoms. The minimum Gasteiger partial charge on any atom is -0.492 e. The summed E-state index contributed by atoms with van der Waals surface area (Å²) in [7, 11) is 0. The maximum absolute atomic E-state index is 12.8. The van der Waals surface area contributed by atoms with E-state index in [0.717, 1.165) is 12.1 Å². The number of aromatic nitrogens is 4. The quantitative estimate of drug-likeness (QED) is 0.698. The van der Waals surface area contributed by atoms with Crippen LogP contribution in [-0.2, 0) is 12.7 Å². The number of nitrogens with zero attached hydrogens (tertiary/aromatic N) is 5. The second-order valence-corrected chi connectivity index (χ2v) is 5.28. The van der Waals surface area contributed by atoms with Gasteiger partial charge in [0.25, 0.3) is 0 Å². The van der Waals surface area contributed by atoms with Crippen LogP contribution in [0, 0.1) is 11.3 Å². The molecule has 0 spiro atoms. The lowest BCUT2D eigenvalue weighted by Gasteiger charge is -2.06. The van der Waals surface area contributed by atoms with Gasteiger partial charge < -0.3 is 4.74 Å². The van der Waals surface area contributed by atoms with Gasteiger partial charge in [0.2, 0.25) is 5.82 Å². The molecule has 1 aromatic heterocycles. The molecular weight excluding hydrogens is 347 g/mol. The molecule has 3 aromatic rings. The fraction of sp³-hybridized carbons (Fsp3) is 0.176. The summed E-state index contributed by atoms with van der Waals surface area (Å²) in [6.07, 6.45) is -4.43. The molecule has 0 fully saturated rings. The summed E-state index contributed by atoms with van der Waals surface area (Å²) in [6, 6.07) is 13.4. The molecule has 26 heavy (non-hydrogen) atoms. The van der Waals surface area contributed by atoms with Crippen LogP contribution >= 0.6 is 0 Å². The van der Waals surface area contributed by atoms with Gasteiger partial charge in [0, 0.05) is 5.56 Å². The summed E-state index contributed by atoms with van der Waals surface area (Å²) < 4.78 is 43.8. The van der Waals surface area contributed by atoms with Crippen molar-refractivity contribution in [3.8, 4) is 23.2 Å². The van der Waals surface area contributed by atoms with Crippen molar-refractivity contribution in [2.24, 2.45) is 0 Å². The first-order valence-electron chi connectivity index (χ1n) is 7.54. The van der Waals surface area contributed by atoms with Crippen LogP contribution in [0.25, 0.3) is 11.4 Å². The third-order valence-corrected chi connectivity index (χ3v) is 3.42. The van der Waals surface area contributed by atoms with Crippen molar-refractivity contribution >= 4 is 0 Å². The highest BCUT2D eigenvalue weighted by Crippen LogP contribution is 2.31. The fourth-order valence-electron chi connectivity index (χ4n) is 2.19. The van der Waals surface area contributed by atoms with Gasteiger partial charge in [-0.15, -0.1) is 10.2 Å². The van der Waals surface area contributed by atoms with E-state index in [9.17, 15) is 13.2 Å². The molecular formula is C17H12F3N5O. The molecule has 0 N–H and O–H groups in total. The van der Waals surface area contributed by atoms with Crippen molar-refractivity contribution in [3.05, 3.63) is 59.7 Å². The Morgan fingerprint density at radius 3 is 2.69 bits per heavy atom. The van der Waals surface area contributed by atoms with Crippen molar-refractivity contribution in [2.45, 2.75) is 12.7 Å². The number of alkyl halides is 3. The standard InChI is InChI=1S/C17H12F3N5O/c18-17(19,20)14-5-2-4-13(10-14)16-22-24-25(23-16)7-8-26-15-6-1-3-12(9-15)11-21/h1-6,9-10H,7-8H2. The number of hydrogen-bond acceptors (Lipinski definition) is 5. The molecule has 0 aliphatic rings. The Balaban J connectivity index is 1.64. The van der Waals surface area contributed by atoms with Crippen LogP contribution in [0.1, 0.15) is 11.1 Å². The largest absolute Gasteiger partial charge is 0.492 e. The Hall–Kier alpha value is -3.41. The van der Waals surface area contributed by atoms with Crippen molar-refractivity contribution < 1.29 is 17.9 Å². The van der Waals surface area contributed by atoms with Gasteiger partial charge in [-0.05, 0) is 35.5 Å². The molecule has 0 saturated carbocycles. The normalized spacial score (nSPS) is 11.2. The summed E-state index contributed by atoms with van der Waals surface area (Å²) in [6.45, 7) is 0.468. The second-order valence-electron chi connectivity index (χ2n) is 5.28. The molecule has 0 saturated heterocycles. The number of halogens is 3. The third kappa shape index (κ3) is 4.16. The van der Waals surface area contributed by atoms with E-state index in [1.165, 1.54) is 16.9 Å².